The van der Waals surface area contributed by atoms with Crippen LogP contribution in [0.15, 0.2) is 67.1 Å². The number of hydrogen-bond donors (Lipinski definition) is 0. The van der Waals surface area contributed by atoms with Gasteiger partial charge in [0.15, 0.2) is 0 Å². The molecule has 2 heterocycles. The number of carbonyl (C=O) groups is 1. The molecule has 3 rings (SSSR count). The summed E-state index contributed by atoms with van der Waals surface area (Å²) in [7, 11) is 0. The lowest BCUT2D eigenvalue weighted by Gasteiger charge is -2.20. The van der Waals surface area contributed by atoms with Gasteiger partial charge in [0.1, 0.15) is 11.5 Å². The Morgan fingerprint density at radius 3 is 2.48 bits per heavy atom. The number of alkyl halides is 3. The standard InChI is InChI=1S/C20H16F3N3O3/c1-2-26(15-5-4-10-24-13-15)19(27)14-8-9-18(25-12-14)28-16-6-3-7-17(11-16)29-20(21,22)23/h3-13H,2H2,1H3. The molecule has 3 aromatic rings. The number of carbonyl (C=O) groups excluding carboxylic acids is 1. The van der Waals surface area contributed by atoms with Crippen molar-refractivity contribution in [1.29, 1.82) is 0 Å². The van der Waals surface area contributed by atoms with Gasteiger partial charge in [-0.2, -0.15) is 0 Å². The van der Waals surface area contributed by atoms with E-state index in [1.807, 2.05) is 6.92 Å². The molecule has 0 saturated heterocycles. The Hall–Kier alpha value is -3.62. The lowest BCUT2D eigenvalue weighted by Crippen LogP contribution is -2.30. The second kappa shape index (κ2) is 8.59. The lowest BCUT2D eigenvalue weighted by atomic mass is 10.2. The average Bonchev–Trinajstić information content (AvgIpc) is 2.69. The van der Waals surface area contributed by atoms with Crippen molar-refractivity contribution >= 4 is 11.6 Å². The van der Waals surface area contributed by atoms with Gasteiger partial charge < -0.3 is 14.4 Å². The SMILES string of the molecule is CCN(C(=O)c1ccc(Oc2cccc(OC(F)(F)F)c2)nc1)c1cccnc1. The first-order valence-corrected chi connectivity index (χ1v) is 8.57. The third kappa shape index (κ3) is 5.44. The molecule has 0 spiro atoms. The number of pyridine rings is 2. The van der Waals surface area contributed by atoms with Crippen molar-refractivity contribution in [3.05, 3.63) is 72.7 Å². The molecule has 29 heavy (non-hydrogen) atoms. The summed E-state index contributed by atoms with van der Waals surface area (Å²) in [6, 6.07) is 11.6. The van der Waals surface area contributed by atoms with Crippen molar-refractivity contribution in [2.24, 2.45) is 0 Å². The molecule has 0 fully saturated rings. The number of ether oxygens (including phenoxy) is 2. The quantitative estimate of drug-likeness (QED) is 0.590. The highest BCUT2D eigenvalue weighted by atomic mass is 19.4. The number of amides is 1. The molecule has 0 N–H and O–H groups in total. The molecule has 6 nitrogen and oxygen atoms in total. The molecular formula is C20H16F3N3O3. The predicted octanol–water partition coefficient (Wildman–Crippen LogP) is 4.83. The van der Waals surface area contributed by atoms with E-state index >= 15 is 0 Å². The number of rotatable bonds is 6. The van der Waals surface area contributed by atoms with Crippen molar-refractivity contribution in [2.75, 3.05) is 11.4 Å². The highest BCUT2D eigenvalue weighted by Crippen LogP contribution is 2.28. The zero-order chi connectivity index (χ0) is 20.9. The van der Waals surface area contributed by atoms with E-state index in [4.69, 9.17) is 4.74 Å². The Kier molecular flexibility index (Phi) is 5.96. The maximum Gasteiger partial charge on any atom is 0.573 e. The summed E-state index contributed by atoms with van der Waals surface area (Å²) in [5.74, 6) is -0.434. The second-order valence-corrected chi connectivity index (χ2v) is 5.77. The van der Waals surface area contributed by atoms with Gasteiger partial charge in [0.05, 0.1) is 17.4 Å². The molecule has 1 amide bonds. The van der Waals surface area contributed by atoms with E-state index in [0.717, 1.165) is 12.1 Å². The summed E-state index contributed by atoms with van der Waals surface area (Å²) in [5.41, 5.74) is 0.985. The van der Waals surface area contributed by atoms with Gasteiger partial charge in [-0.15, -0.1) is 13.2 Å². The van der Waals surface area contributed by atoms with Gasteiger partial charge in [0.2, 0.25) is 5.88 Å². The maximum atomic E-state index is 12.7. The molecule has 150 valence electrons. The number of nitrogens with zero attached hydrogens (tertiary/aromatic N) is 3. The third-order valence-electron chi connectivity index (χ3n) is 3.76. The number of hydrogen-bond acceptors (Lipinski definition) is 5. The largest absolute Gasteiger partial charge is 0.573 e. The molecule has 9 heteroatoms. The highest BCUT2D eigenvalue weighted by molar-refractivity contribution is 6.05. The second-order valence-electron chi connectivity index (χ2n) is 5.77. The molecule has 0 unspecified atom stereocenters. The van der Waals surface area contributed by atoms with Crippen LogP contribution in [-0.2, 0) is 0 Å². The predicted molar refractivity (Wildman–Crippen MR) is 99.0 cm³/mol. The van der Waals surface area contributed by atoms with E-state index in [1.165, 1.54) is 30.5 Å². The Morgan fingerprint density at radius 2 is 1.86 bits per heavy atom. The van der Waals surface area contributed by atoms with Crippen LogP contribution in [0.4, 0.5) is 18.9 Å². The highest BCUT2D eigenvalue weighted by Gasteiger charge is 2.31. The number of benzene rings is 1. The van der Waals surface area contributed by atoms with E-state index in [9.17, 15) is 18.0 Å². The maximum absolute atomic E-state index is 12.7. The average molecular weight is 403 g/mol. The van der Waals surface area contributed by atoms with Crippen LogP contribution >= 0.6 is 0 Å². The fraction of sp³-hybridized carbons (Fsp3) is 0.150. The van der Waals surface area contributed by atoms with Crippen LogP contribution < -0.4 is 14.4 Å². The van der Waals surface area contributed by atoms with E-state index in [1.54, 1.807) is 29.4 Å². The van der Waals surface area contributed by atoms with E-state index < -0.39 is 12.1 Å². The van der Waals surface area contributed by atoms with E-state index in [2.05, 4.69) is 14.7 Å². The van der Waals surface area contributed by atoms with Crippen LogP contribution in [0.1, 0.15) is 17.3 Å². The molecular weight excluding hydrogens is 387 g/mol. The Labute approximate surface area is 164 Å². The van der Waals surface area contributed by atoms with E-state index in [0.29, 0.717) is 17.8 Å². The third-order valence-corrected chi connectivity index (χ3v) is 3.76. The van der Waals surface area contributed by atoms with Crippen LogP contribution in [0, 0.1) is 0 Å². The minimum atomic E-state index is -4.79. The van der Waals surface area contributed by atoms with Gasteiger partial charge in [-0.25, -0.2) is 4.98 Å². The van der Waals surface area contributed by atoms with Gasteiger partial charge >= 0.3 is 6.36 Å². The number of aromatic nitrogens is 2. The van der Waals surface area contributed by atoms with Gasteiger partial charge in [-0.3, -0.25) is 9.78 Å². The summed E-state index contributed by atoms with van der Waals surface area (Å²) in [6.07, 6.45) is -0.252. The molecule has 0 saturated carbocycles. The lowest BCUT2D eigenvalue weighted by molar-refractivity contribution is -0.274. The van der Waals surface area contributed by atoms with Crippen molar-refractivity contribution in [1.82, 2.24) is 9.97 Å². The molecule has 0 bridgehead atoms. The first-order valence-electron chi connectivity index (χ1n) is 8.57. The molecule has 2 aromatic heterocycles. The molecule has 0 atom stereocenters. The Balaban J connectivity index is 1.72. The van der Waals surface area contributed by atoms with Crippen molar-refractivity contribution in [2.45, 2.75) is 13.3 Å². The van der Waals surface area contributed by atoms with Gasteiger partial charge in [-0.05, 0) is 37.3 Å². The Morgan fingerprint density at radius 1 is 1.07 bits per heavy atom. The molecule has 0 aliphatic heterocycles. The van der Waals surface area contributed by atoms with Crippen LogP contribution in [0.2, 0.25) is 0 Å². The van der Waals surface area contributed by atoms with Gasteiger partial charge in [-0.1, -0.05) is 6.07 Å². The normalized spacial score (nSPS) is 11.0. The molecule has 0 aliphatic rings. The monoisotopic (exact) mass is 403 g/mol. The van der Waals surface area contributed by atoms with Crippen molar-refractivity contribution in [3.8, 4) is 17.4 Å². The summed E-state index contributed by atoms with van der Waals surface area (Å²) >= 11 is 0. The van der Waals surface area contributed by atoms with Crippen LogP contribution in [0.3, 0.4) is 0 Å². The fourth-order valence-corrected chi connectivity index (χ4v) is 2.54. The summed E-state index contributed by atoms with van der Waals surface area (Å²) in [4.78, 5) is 22.3. The molecule has 0 aliphatic carbocycles. The van der Waals surface area contributed by atoms with Crippen LogP contribution in [-0.4, -0.2) is 28.8 Å². The zero-order valence-electron chi connectivity index (χ0n) is 15.3. The van der Waals surface area contributed by atoms with Crippen molar-refractivity contribution < 1.29 is 27.4 Å². The first-order chi connectivity index (χ1) is 13.9. The number of halogens is 3. The van der Waals surface area contributed by atoms with E-state index in [-0.39, 0.29) is 17.5 Å². The van der Waals surface area contributed by atoms with Gasteiger partial charge in [0.25, 0.3) is 5.91 Å². The zero-order valence-corrected chi connectivity index (χ0v) is 15.3. The smallest absolute Gasteiger partial charge is 0.439 e. The summed E-state index contributed by atoms with van der Waals surface area (Å²) < 4.78 is 46.3. The first kappa shape index (κ1) is 20.1. The van der Waals surface area contributed by atoms with Gasteiger partial charge in [0, 0.05) is 31.1 Å². The number of anilines is 1. The minimum Gasteiger partial charge on any atom is -0.439 e. The van der Waals surface area contributed by atoms with Crippen LogP contribution in [0.5, 0.6) is 17.4 Å². The fourth-order valence-electron chi connectivity index (χ4n) is 2.54. The molecule has 1 aromatic carbocycles. The summed E-state index contributed by atoms with van der Waals surface area (Å²) in [6.45, 7) is 2.28. The van der Waals surface area contributed by atoms with Crippen LogP contribution in [0.25, 0.3) is 0 Å². The Bertz CT molecular complexity index is 964. The summed E-state index contributed by atoms with van der Waals surface area (Å²) in [5, 5.41) is 0. The van der Waals surface area contributed by atoms with Crippen molar-refractivity contribution in [3.63, 3.8) is 0 Å². The minimum absolute atomic E-state index is 0.115. The topological polar surface area (TPSA) is 64.6 Å². The molecule has 0 radical (unpaired) electrons.